The average molecular weight is 269 g/mol. The fourth-order valence-electron chi connectivity index (χ4n) is 2.76. The van der Waals surface area contributed by atoms with Crippen LogP contribution in [0.5, 0.6) is 0 Å². The SMILES string of the molecule is C=CC(=O)N1CCC(/C=C/c2c(C)cccc2C)CC1. The van der Waals surface area contributed by atoms with Crippen molar-refractivity contribution >= 4 is 12.0 Å². The zero-order chi connectivity index (χ0) is 14.5. The number of likely N-dealkylation sites (tertiary alicyclic amines) is 1. The molecule has 2 rings (SSSR count). The predicted molar refractivity (Wildman–Crippen MR) is 84.5 cm³/mol. The van der Waals surface area contributed by atoms with Gasteiger partial charge in [-0.2, -0.15) is 0 Å². The molecule has 1 fully saturated rings. The summed E-state index contributed by atoms with van der Waals surface area (Å²) in [5.74, 6) is 0.630. The van der Waals surface area contributed by atoms with Crippen LogP contribution in [0.25, 0.3) is 6.08 Å². The molecule has 1 aromatic rings. The minimum atomic E-state index is 0.0576. The third kappa shape index (κ3) is 3.38. The predicted octanol–water partition coefficient (Wildman–Crippen LogP) is 3.74. The topological polar surface area (TPSA) is 20.3 Å². The van der Waals surface area contributed by atoms with Gasteiger partial charge in [-0.15, -0.1) is 0 Å². The molecule has 0 N–H and O–H groups in total. The van der Waals surface area contributed by atoms with Crippen LogP contribution in [0.1, 0.15) is 29.5 Å². The molecule has 0 saturated carbocycles. The Kier molecular flexibility index (Phi) is 4.78. The van der Waals surface area contributed by atoms with Crippen LogP contribution in [-0.2, 0) is 4.79 Å². The number of piperidine rings is 1. The van der Waals surface area contributed by atoms with Gasteiger partial charge in [0.05, 0.1) is 0 Å². The Balaban J connectivity index is 1.97. The number of benzene rings is 1. The van der Waals surface area contributed by atoms with Gasteiger partial charge in [0.1, 0.15) is 0 Å². The normalized spacial score (nSPS) is 16.6. The van der Waals surface area contributed by atoms with E-state index in [4.69, 9.17) is 0 Å². The van der Waals surface area contributed by atoms with Crippen LogP contribution in [0.2, 0.25) is 0 Å². The average Bonchev–Trinajstić information content (AvgIpc) is 2.46. The van der Waals surface area contributed by atoms with Gasteiger partial charge in [0.15, 0.2) is 0 Å². The van der Waals surface area contributed by atoms with Gasteiger partial charge in [-0.05, 0) is 55.4 Å². The first-order valence-electron chi connectivity index (χ1n) is 7.27. The van der Waals surface area contributed by atoms with Crippen LogP contribution < -0.4 is 0 Å². The maximum atomic E-state index is 11.5. The van der Waals surface area contributed by atoms with Gasteiger partial charge in [0.2, 0.25) is 5.91 Å². The smallest absolute Gasteiger partial charge is 0.245 e. The summed E-state index contributed by atoms with van der Waals surface area (Å²) in [6.45, 7) is 9.53. The highest BCUT2D eigenvalue weighted by Gasteiger charge is 2.19. The first-order valence-corrected chi connectivity index (χ1v) is 7.27. The van der Waals surface area contributed by atoms with E-state index in [0.29, 0.717) is 5.92 Å². The van der Waals surface area contributed by atoms with Crippen molar-refractivity contribution in [3.8, 4) is 0 Å². The summed E-state index contributed by atoms with van der Waals surface area (Å²) in [6.07, 6.45) is 8.06. The molecule has 1 saturated heterocycles. The highest BCUT2D eigenvalue weighted by atomic mass is 16.2. The molecule has 0 radical (unpaired) electrons. The van der Waals surface area contributed by atoms with Crippen molar-refractivity contribution in [1.29, 1.82) is 0 Å². The zero-order valence-corrected chi connectivity index (χ0v) is 12.4. The summed E-state index contributed by atoms with van der Waals surface area (Å²) in [4.78, 5) is 13.4. The number of rotatable bonds is 3. The maximum absolute atomic E-state index is 11.5. The fourth-order valence-corrected chi connectivity index (χ4v) is 2.76. The third-order valence-electron chi connectivity index (χ3n) is 4.10. The van der Waals surface area contributed by atoms with Crippen molar-refractivity contribution in [1.82, 2.24) is 4.90 Å². The van der Waals surface area contributed by atoms with Crippen LogP contribution in [0, 0.1) is 19.8 Å². The van der Waals surface area contributed by atoms with Crippen LogP contribution in [-0.4, -0.2) is 23.9 Å². The molecular weight excluding hydrogens is 246 g/mol. The number of amides is 1. The Morgan fingerprint density at radius 3 is 2.40 bits per heavy atom. The van der Waals surface area contributed by atoms with Crippen molar-refractivity contribution in [2.24, 2.45) is 5.92 Å². The quantitative estimate of drug-likeness (QED) is 0.765. The Bertz CT molecular complexity index is 502. The van der Waals surface area contributed by atoms with E-state index in [9.17, 15) is 4.79 Å². The van der Waals surface area contributed by atoms with Gasteiger partial charge >= 0.3 is 0 Å². The number of allylic oxidation sites excluding steroid dienone is 1. The summed E-state index contributed by atoms with van der Waals surface area (Å²) in [7, 11) is 0. The Morgan fingerprint density at radius 1 is 1.25 bits per heavy atom. The Hall–Kier alpha value is -1.83. The third-order valence-corrected chi connectivity index (χ3v) is 4.10. The number of nitrogens with zero attached hydrogens (tertiary/aromatic N) is 1. The van der Waals surface area contributed by atoms with Crippen LogP contribution in [0.15, 0.2) is 36.9 Å². The maximum Gasteiger partial charge on any atom is 0.245 e. The Morgan fingerprint density at radius 2 is 1.85 bits per heavy atom. The van der Waals surface area contributed by atoms with E-state index in [1.54, 1.807) is 0 Å². The molecule has 1 aliphatic rings. The molecule has 1 aromatic carbocycles. The van der Waals surface area contributed by atoms with E-state index in [-0.39, 0.29) is 5.91 Å². The van der Waals surface area contributed by atoms with Crippen LogP contribution in [0.3, 0.4) is 0 Å². The largest absolute Gasteiger partial charge is 0.339 e. The van der Waals surface area contributed by atoms with E-state index in [0.717, 1.165) is 25.9 Å². The highest BCUT2D eigenvalue weighted by Crippen LogP contribution is 2.22. The lowest BCUT2D eigenvalue weighted by Crippen LogP contribution is -2.36. The van der Waals surface area contributed by atoms with Gasteiger partial charge < -0.3 is 4.90 Å². The molecule has 0 atom stereocenters. The molecule has 1 aliphatic heterocycles. The van der Waals surface area contributed by atoms with Crippen molar-refractivity contribution < 1.29 is 4.79 Å². The standard InChI is InChI=1S/C18H23NO/c1-4-18(20)19-12-10-16(11-13-19)8-9-17-14(2)6-5-7-15(17)3/h4-9,16H,1,10-13H2,2-3H3/b9-8+. The molecule has 0 aromatic heterocycles. The summed E-state index contributed by atoms with van der Waals surface area (Å²) in [6, 6.07) is 6.40. The van der Waals surface area contributed by atoms with E-state index in [1.807, 2.05) is 4.90 Å². The van der Waals surface area contributed by atoms with Crippen LogP contribution >= 0.6 is 0 Å². The van der Waals surface area contributed by atoms with Gasteiger partial charge in [0, 0.05) is 13.1 Å². The van der Waals surface area contributed by atoms with Gasteiger partial charge in [-0.25, -0.2) is 0 Å². The number of carbonyl (C=O) groups excluding carboxylic acids is 1. The monoisotopic (exact) mass is 269 g/mol. The van der Waals surface area contributed by atoms with Gasteiger partial charge in [-0.1, -0.05) is 36.9 Å². The van der Waals surface area contributed by atoms with Crippen molar-refractivity contribution in [3.05, 3.63) is 53.6 Å². The molecule has 0 spiro atoms. The lowest BCUT2D eigenvalue weighted by atomic mass is 9.94. The molecule has 20 heavy (non-hydrogen) atoms. The number of aryl methyl sites for hydroxylation is 2. The first kappa shape index (κ1) is 14.6. The summed E-state index contributed by atoms with van der Waals surface area (Å²) < 4.78 is 0. The number of hydrogen-bond donors (Lipinski definition) is 0. The van der Waals surface area contributed by atoms with Gasteiger partial charge in [-0.3, -0.25) is 4.79 Å². The molecular formula is C18H23NO. The highest BCUT2D eigenvalue weighted by molar-refractivity contribution is 5.87. The summed E-state index contributed by atoms with van der Waals surface area (Å²) >= 11 is 0. The Labute approximate surface area is 121 Å². The second-order valence-corrected chi connectivity index (χ2v) is 5.53. The number of carbonyl (C=O) groups is 1. The van der Waals surface area contributed by atoms with E-state index in [2.05, 4.69) is 50.8 Å². The summed E-state index contributed by atoms with van der Waals surface area (Å²) in [5, 5.41) is 0. The second-order valence-electron chi connectivity index (χ2n) is 5.53. The molecule has 1 heterocycles. The van der Waals surface area contributed by atoms with E-state index < -0.39 is 0 Å². The molecule has 0 unspecified atom stereocenters. The van der Waals surface area contributed by atoms with E-state index >= 15 is 0 Å². The van der Waals surface area contributed by atoms with Gasteiger partial charge in [0.25, 0.3) is 0 Å². The lowest BCUT2D eigenvalue weighted by molar-refractivity contribution is -0.127. The minimum absolute atomic E-state index is 0.0576. The molecule has 106 valence electrons. The zero-order valence-electron chi connectivity index (χ0n) is 12.4. The minimum Gasteiger partial charge on any atom is -0.339 e. The van der Waals surface area contributed by atoms with Crippen molar-refractivity contribution in [2.75, 3.05) is 13.1 Å². The number of hydrogen-bond acceptors (Lipinski definition) is 1. The lowest BCUT2D eigenvalue weighted by Gasteiger charge is -2.29. The van der Waals surface area contributed by atoms with Crippen molar-refractivity contribution in [2.45, 2.75) is 26.7 Å². The molecule has 2 nitrogen and oxygen atoms in total. The molecule has 1 amide bonds. The van der Waals surface area contributed by atoms with Crippen LogP contribution in [0.4, 0.5) is 0 Å². The molecule has 0 aliphatic carbocycles. The molecule has 2 heteroatoms. The second kappa shape index (κ2) is 6.56. The first-order chi connectivity index (χ1) is 9.61. The van der Waals surface area contributed by atoms with E-state index in [1.165, 1.54) is 22.8 Å². The van der Waals surface area contributed by atoms with Crippen molar-refractivity contribution in [3.63, 3.8) is 0 Å². The molecule has 0 bridgehead atoms. The fraction of sp³-hybridized carbons (Fsp3) is 0.389. The summed E-state index contributed by atoms with van der Waals surface area (Å²) in [5.41, 5.74) is 3.97.